The van der Waals surface area contributed by atoms with Crippen LogP contribution >= 0.6 is 0 Å². The van der Waals surface area contributed by atoms with Gasteiger partial charge >= 0.3 is 0 Å². The van der Waals surface area contributed by atoms with E-state index in [1.54, 1.807) is 31.4 Å². The number of nitrogens with one attached hydrogen (secondary N) is 1. The second-order valence-corrected chi connectivity index (χ2v) is 11.3. The SMILES string of the molecule is COc1ccc(C(=O)[C@H]2[C@H](C(=O)C(C)(C)C)N3c4ccccc4C=C[C@@H]3[C@@]23C(=O)Nc2ccccc23)cc1. The van der Waals surface area contributed by atoms with Crippen LogP contribution < -0.4 is 15.0 Å². The molecule has 0 radical (unpaired) electrons. The van der Waals surface area contributed by atoms with Gasteiger partial charge in [0, 0.05) is 22.4 Å². The molecule has 1 saturated heterocycles. The Kier molecular flexibility index (Phi) is 5.35. The Morgan fingerprint density at radius 1 is 0.947 bits per heavy atom. The Balaban J connectivity index is 1.66. The number of anilines is 2. The molecule has 0 aliphatic carbocycles. The van der Waals surface area contributed by atoms with Gasteiger partial charge in [-0.2, -0.15) is 0 Å². The summed E-state index contributed by atoms with van der Waals surface area (Å²) in [6.07, 6.45) is 4.00. The fraction of sp³-hybridized carbons (Fsp3) is 0.281. The van der Waals surface area contributed by atoms with Crippen LogP contribution in [0, 0.1) is 11.3 Å². The minimum Gasteiger partial charge on any atom is -0.497 e. The smallest absolute Gasteiger partial charge is 0.238 e. The molecule has 0 unspecified atom stereocenters. The molecule has 3 heterocycles. The van der Waals surface area contributed by atoms with Crippen LogP contribution in [-0.2, 0) is 15.0 Å². The Bertz CT molecular complexity index is 1500. The maximum atomic E-state index is 14.6. The summed E-state index contributed by atoms with van der Waals surface area (Å²) < 4.78 is 5.30. The topological polar surface area (TPSA) is 75.7 Å². The molecule has 1 amide bonds. The van der Waals surface area contributed by atoms with E-state index in [4.69, 9.17) is 4.74 Å². The van der Waals surface area contributed by atoms with Gasteiger partial charge in [0.05, 0.1) is 19.1 Å². The summed E-state index contributed by atoms with van der Waals surface area (Å²) in [6.45, 7) is 5.62. The van der Waals surface area contributed by atoms with E-state index >= 15 is 0 Å². The van der Waals surface area contributed by atoms with Gasteiger partial charge in [-0.05, 0) is 47.5 Å². The molecule has 0 bridgehead atoms. The quantitative estimate of drug-likeness (QED) is 0.487. The summed E-state index contributed by atoms with van der Waals surface area (Å²) in [5, 5.41) is 3.06. The molecule has 6 nitrogen and oxygen atoms in total. The number of rotatable bonds is 4. The van der Waals surface area contributed by atoms with Crippen molar-refractivity contribution in [3.8, 4) is 5.75 Å². The molecule has 1 fully saturated rings. The molecule has 6 heteroatoms. The van der Waals surface area contributed by atoms with E-state index in [1.165, 1.54) is 0 Å². The number of para-hydroxylation sites is 2. The normalized spacial score (nSPS) is 25.0. The number of carbonyl (C=O) groups excluding carboxylic acids is 3. The van der Waals surface area contributed by atoms with Crippen molar-refractivity contribution in [3.05, 3.63) is 95.6 Å². The number of fused-ring (bicyclic) bond motifs is 6. The highest BCUT2D eigenvalue weighted by atomic mass is 16.5. The molecule has 192 valence electrons. The number of benzene rings is 3. The van der Waals surface area contributed by atoms with Crippen molar-refractivity contribution >= 4 is 34.9 Å². The molecular weight excluding hydrogens is 476 g/mol. The zero-order chi connectivity index (χ0) is 26.8. The van der Waals surface area contributed by atoms with Crippen molar-refractivity contribution in [3.63, 3.8) is 0 Å². The minimum absolute atomic E-state index is 0.0754. The van der Waals surface area contributed by atoms with E-state index in [0.29, 0.717) is 17.0 Å². The Hall–Kier alpha value is -4.19. The van der Waals surface area contributed by atoms with Crippen LogP contribution in [0.25, 0.3) is 6.08 Å². The molecule has 3 aromatic rings. The van der Waals surface area contributed by atoms with Crippen LogP contribution in [0.1, 0.15) is 42.3 Å². The number of hydrogen-bond donors (Lipinski definition) is 1. The van der Waals surface area contributed by atoms with Gasteiger partial charge in [0.1, 0.15) is 17.2 Å². The maximum Gasteiger partial charge on any atom is 0.238 e. The highest BCUT2D eigenvalue weighted by molar-refractivity contribution is 6.17. The lowest BCUT2D eigenvalue weighted by Crippen LogP contribution is -2.51. The zero-order valence-electron chi connectivity index (χ0n) is 21.9. The summed E-state index contributed by atoms with van der Waals surface area (Å²) in [4.78, 5) is 45.3. The van der Waals surface area contributed by atoms with Gasteiger partial charge < -0.3 is 15.0 Å². The van der Waals surface area contributed by atoms with Gasteiger partial charge in [-0.15, -0.1) is 0 Å². The third-order valence-electron chi connectivity index (χ3n) is 8.21. The molecule has 4 atom stereocenters. The van der Waals surface area contributed by atoms with E-state index < -0.39 is 28.8 Å². The fourth-order valence-electron chi connectivity index (χ4n) is 6.50. The van der Waals surface area contributed by atoms with Crippen LogP contribution in [-0.4, -0.2) is 36.7 Å². The number of ketones is 2. The van der Waals surface area contributed by atoms with Crippen LogP contribution in [0.5, 0.6) is 5.75 Å². The largest absolute Gasteiger partial charge is 0.497 e. The van der Waals surface area contributed by atoms with Gasteiger partial charge in [-0.3, -0.25) is 14.4 Å². The summed E-state index contributed by atoms with van der Waals surface area (Å²) in [5.74, 6) is -0.889. The second-order valence-electron chi connectivity index (χ2n) is 11.3. The average molecular weight is 507 g/mol. The van der Waals surface area contributed by atoms with Crippen LogP contribution in [0.3, 0.4) is 0 Å². The fourth-order valence-corrected chi connectivity index (χ4v) is 6.50. The summed E-state index contributed by atoms with van der Waals surface area (Å²) in [7, 11) is 1.57. The number of Topliss-reactive ketones (excluding diaryl/α,β-unsaturated/α-hetero) is 2. The van der Waals surface area contributed by atoms with Crippen molar-refractivity contribution in [2.75, 3.05) is 17.3 Å². The number of nitrogens with zero attached hydrogens (tertiary/aromatic N) is 1. The standard InChI is InChI=1S/C32H30N2O4/c1-31(2,3)29(36)27-26(28(35)20-13-16-21(38-4)17-14-20)32(22-10-6-7-11-23(22)33-30(32)37)25-18-15-19-9-5-8-12-24(19)34(25)27/h5-18,25-27H,1-4H3,(H,33,37)/t25-,26-,27-,32-/m1/s1. The van der Waals surface area contributed by atoms with Crippen LogP contribution in [0.4, 0.5) is 11.4 Å². The predicted molar refractivity (Wildman–Crippen MR) is 148 cm³/mol. The molecule has 0 saturated carbocycles. The number of hydrogen-bond acceptors (Lipinski definition) is 5. The average Bonchev–Trinajstić information content (AvgIpc) is 3.40. The second kappa shape index (κ2) is 8.42. The van der Waals surface area contributed by atoms with Crippen molar-refractivity contribution in [1.29, 1.82) is 0 Å². The van der Waals surface area contributed by atoms with E-state index in [9.17, 15) is 14.4 Å². The molecule has 38 heavy (non-hydrogen) atoms. The van der Waals surface area contributed by atoms with Crippen molar-refractivity contribution in [2.24, 2.45) is 11.3 Å². The molecule has 3 aromatic carbocycles. The van der Waals surface area contributed by atoms with E-state index in [2.05, 4.69) is 5.32 Å². The Morgan fingerprint density at radius 2 is 1.63 bits per heavy atom. The lowest BCUT2D eigenvalue weighted by molar-refractivity contribution is -0.128. The van der Waals surface area contributed by atoms with Crippen molar-refractivity contribution < 1.29 is 19.1 Å². The molecule has 0 aromatic heterocycles. The molecule has 1 N–H and O–H groups in total. The van der Waals surface area contributed by atoms with Gasteiger partial charge in [0.2, 0.25) is 5.91 Å². The molecule has 6 rings (SSSR count). The van der Waals surface area contributed by atoms with Crippen molar-refractivity contribution in [1.82, 2.24) is 0 Å². The third kappa shape index (κ3) is 3.22. The Morgan fingerprint density at radius 3 is 2.34 bits per heavy atom. The van der Waals surface area contributed by atoms with Crippen molar-refractivity contribution in [2.45, 2.75) is 38.3 Å². The molecule has 3 aliphatic rings. The maximum absolute atomic E-state index is 14.6. The summed E-state index contributed by atoms with van der Waals surface area (Å²) in [5.41, 5.74) is 1.64. The predicted octanol–water partition coefficient (Wildman–Crippen LogP) is 5.28. The third-order valence-corrected chi connectivity index (χ3v) is 8.21. The molecule has 3 aliphatic heterocycles. The van der Waals surface area contributed by atoms with E-state index in [0.717, 1.165) is 16.8 Å². The summed E-state index contributed by atoms with van der Waals surface area (Å²) in [6, 6.07) is 20.9. The van der Waals surface area contributed by atoms with Crippen LogP contribution in [0.2, 0.25) is 0 Å². The highest BCUT2D eigenvalue weighted by Crippen LogP contribution is 2.58. The van der Waals surface area contributed by atoms with E-state index in [1.807, 2.05) is 86.4 Å². The Labute approximate surface area is 222 Å². The zero-order valence-corrected chi connectivity index (χ0v) is 21.9. The van der Waals surface area contributed by atoms with Gasteiger partial charge in [-0.25, -0.2) is 0 Å². The minimum atomic E-state index is -1.29. The lowest BCUT2D eigenvalue weighted by Gasteiger charge is -2.38. The van der Waals surface area contributed by atoms with Crippen LogP contribution in [0.15, 0.2) is 78.9 Å². The number of carbonyl (C=O) groups is 3. The number of methoxy groups -OCH3 is 1. The van der Waals surface area contributed by atoms with Gasteiger partial charge in [-0.1, -0.05) is 69.3 Å². The monoisotopic (exact) mass is 506 g/mol. The number of ether oxygens (including phenoxy) is 1. The first-order valence-electron chi connectivity index (χ1n) is 12.9. The van der Waals surface area contributed by atoms with Gasteiger partial charge in [0.15, 0.2) is 11.6 Å². The first kappa shape index (κ1) is 24.2. The number of amides is 1. The van der Waals surface area contributed by atoms with Gasteiger partial charge in [0.25, 0.3) is 0 Å². The lowest BCUT2D eigenvalue weighted by atomic mass is 9.63. The summed E-state index contributed by atoms with van der Waals surface area (Å²) >= 11 is 0. The molecular formula is C32H30N2O4. The first-order chi connectivity index (χ1) is 18.2. The first-order valence-corrected chi connectivity index (χ1v) is 12.9. The highest BCUT2D eigenvalue weighted by Gasteiger charge is 2.70. The molecule has 1 spiro atoms. The van der Waals surface area contributed by atoms with E-state index in [-0.39, 0.29) is 17.5 Å².